The summed E-state index contributed by atoms with van der Waals surface area (Å²) in [5, 5.41) is 3.03. The van der Waals surface area contributed by atoms with Crippen LogP contribution in [-0.4, -0.2) is 32.2 Å². The molecule has 86 valence electrons. The molecule has 4 unspecified atom stereocenters. The number of hydrogen-bond donors (Lipinski definition) is 2. The summed E-state index contributed by atoms with van der Waals surface area (Å²) in [6.07, 6.45) is 3.59. The third kappa shape index (κ3) is 2.16. The van der Waals surface area contributed by atoms with Gasteiger partial charge in [0.05, 0.1) is 0 Å². The molecule has 0 radical (unpaired) electrons. The van der Waals surface area contributed by atoms with Crippen molar-refractivity contribution in [2.75, 3.05) is 20.3 Å². The lowest BCUT2D eigenvalue weighted by molar-refractivity contribution is -0.127. The van der Waals surface area contributed by atoms with Crippen LogP contribution in [0.15, 0.2) is 0 Å². The van der Waals surface area contributed by atoms with Crippen molar-refractivity contribution in [2.24, 2.45) is 23.5 Å². The van der Waals surface area contributed by atoms with Crippen molar-refractivity contribution < 1.29 is 9.53 Å². The summed E-state index contributed by atoms with van der Waals surface area (Å²) in [5.74, 6) is 2.19. The lowest BCUT2D eigenvalue weighted by Crippen LogP contribution is -2.51. The van der Waals surface area contributed by atoms with Gasteiger partial charge in [-0.25, -0.2) is 0 Å². The van der Waals surface area contributed by atoms with Crippen LogP contribution in [0, 0.1) is 17.8 Å². The minimum absolute atomic E-state index is 0.0112. The molecule has 4 atom stereocenters. The zero-order valence-electron chi connectivity index (χ0n) is 9.24. The van der Waals surface area contributed by atoms with Crippen molar-refractivity contribution in [3.8, 4) is 0 Å². The first-order valence-corrected chi connectivity index (χ1v) is 5.73. The summed E-state index contributed by atoms with van der Waals surface area (Å²) >= 11 is 0. The summed E-state index contributed by atoms with van der Waals surface area (Å²) in [6, 6.07) is 0.384. The van der Waals surface area contributed by atoms with Gasteiger partial charge in [-0.2, -0.15) is 0 Å². The van der Waals surface area contributed by atoms with Crippen LogP contribution in [0.2, 0.25) is 0 Å². The molecule has 4 nitrogen and oxygen atoms in total. The summed E-state index contributed by atoms with van der Waals surface area (Å²) in [4.78, 5) is 11.3. The van der Waals surface area contributed by atoms with Gasteiger partial charge in [-0.15, -0.1) is 0 Å². The van der Waals surface area contributed by atoms with Crippen LogP contribution in [0.5, 0.6) is 0 Å². The fourth-order valence-corrected chi connectivity index (χ4v) is 3.08. The second-order valence-electron chi connectivity index (χ2n) is 4.84. The van der Waals surface area contributed by atoms with Crippen LogP contribution in [0.4, 0.5) is 0 Å². The first kappa shape index (κ1) is 10.9. The van der Waals surface area contributed by atoms with Crippen LogP contribution >= 0.6 is 0 Å². The Balaban J connectivity index is 1.76. The molecule has 2 aliphatic carbocycles. The maximum atomic E-state index is 11.3. The number of nitrogens with one attached hydrogen (secondary N) is 1. The highest BCUT2D eigenvalue weighted by atomic mass is 16.5. The van der Waals surface area contributed by atoms with Gasteiger partial charge in [-0.05, 0) is 43.6 Å². The van der Waals surface area contributed by atoms with E-state index in [0.717, 1.165) is 18.9 Å². The number of fused-ring (bicyclic) bond motifs is 1. The minimum atomic E-state index is 0.0112. The third-order valence-corrected chi connectivity index (χ3v) is 3.88. The Hall–Kier alpha value is -0.610. The van der Waals surface area contributed by atoms with Gasteiger partial charge in [0, 0.05) is 13.2 Å². The summed E-state index contributed by atoms with van der Waals surface area (Å²) in [5.41, 5.74) is 5.67. The number of nitrogens with two attached hydrogens (primary N) is 1. The molecular weight excluding hydrogens is 192 g/mol. The molecule has 0 aromatic rings. The Kier molecular flexibility index (Phi) is 3.26. The average molecular weight is 212 g/mol. The van der Waals surface area contributed by atoms with E-state index in [9.17, 15) is 4.79 Å². The molecule has 4 heteroatoms. The van der Waals surface area contributed by atoms with Crippen LogP contribution in [0.3, 0.4) is 0 Å². The van der Waals surface area contributed by atoms with E-state index in [1.54, 1.807) is 7.11 Å². The first-order chi connectivity index (χ1) is 7.24. The number of carbonyl (C=O) groups is 1. The van der Waals surface area contributed by atoms with Crippen molar-refractivity contribution in [2.45, 2.75) is 25.3 Å². The lowest BCUT2D eigenvalue weighted by atomic mass is 9.71. The molecule has 2 aliphatic rings. The highest BCUT2D eigenvalue weighted by molar-refractivity contribution is 5.77. The SMILES string of the molecule is COCC(=O)NC1CC2CC(CN)CC21. The summed E-state index contributed by atoms with van der Waals surface area (Å²) in [7, 11) is 1.54. The van der Waals surface area contributed by atoms with Gasteiger partial charge in [0.2, 0.25) is 5.91 Å². The van der Waals surface area contributed by atoms with Crippen molar-refractivity contribution >= 4 is 5.91 Å². The van der Waals surface area contributed by atoms with E-state index < -0.39 is 0 Å². The second-order valence-corrected chi connectivity index (χ2v) is 4.84. The summed E-state index contributed by atoms with van der Waals surface area (Å²) in [6.45, 7) is 0.972. The molecule has 0 aromatic heterocycles. The Bertz CT molecular complexity index is 245. The second kappa shape index (κ2) is 4.49. The molecule has 15 heavy (non-hydrogen) atoms. The van der Waals surface area contributed by atoms with Crippen LogP contribution < -0.4 is 11.1 Å². The Morgan fingerprint density at radius 2 is 2.27 bits per heavy atom. The van der Waals surface area contributed by atoms with E-state index in [2.05, 4.69) is 5.32 Å². The fraction of sp³-hybridized carbons (Fsp3) is 0.909. The van der Waals surface area contributed by atoms with Crippen molar-refractivity contribution in [3.05, 3.63) is 0 Å². The van der Waals surface area contributed by atoms with Gasteiger partial charge in [0.25, 0.3) is 0 Å². The number of hydrogen-bond acceptors (Lipinski definition) is 3. The molecule has 0 aliphatic heterocycles. The van der Waals surface area contributed by atoms with Crippen molar-refractivity contribution in [3.63, 3.8) is 0 Å². The zero-order chi connectivity index (χ0) is 10.8. The van der Waals surface area contributed by atoms with E-state index in [4.69, 9.17) is 10.5 Å². The van der Waals surface area contributed by atoms with Crippen molar-refractivity contribution in [1.82, 2.24) is 5.32 Å². The quantitative estimate of drug-likeness (QED) is 0.696. The molecule has 2 fully saturated rings. The number of amides is 1. The van der Waals surface area contributed by atoms with Gasteiger partial charge in [-0.1, -0.05) is 0 Å². The Morgan fingerprint density at radius 3 is 2.93 bits per heavy atom. The van der Waals surface area contributed by atoms with Crippen LogP contribution in [-0.2, 0) is 9.53 Å². The maximum absolute atomic E-state index is 11.3. The zero-order valence-corrected chi connectivity index (χ0v) is 9.24. The number of rotatable bonds is 4. The molecule has 0 aromatic carbocycles. The highest BCUT2D eigenvalue weighted by Gasteiger charge is 2.47. The van der Waals surface area contributed by atoms with Crippen LogP contribution in [0.25, 0.3) is 0 Å². The van der Waals surface area contributed by atoms with Gasteiger partial charge in [0.1, 0.15) is 6.61 Å². The van der Waals surface area contributed by atoms with E-state index in [0.29, 0.717) is 17.9 Å². The first-order valence-electron chi connectivity index (χ1n) is 5.73. The highest BCUT2D eigenvalue weighted by Crippen LogP contribution is 2.49. The maximum Gasteiger partial charge on any atom is 0.246 e. The number of methoxy groups -OCH3 is 1. The molecular formula is C11H20N2O2. The smallest absolute Gasteiger partial charge is 0.246 e. The predicted octanol–water partition coefficient (Wildman–Crippen LogP) is 0.122. The van der Waals surface area contributed by atoms with E-state index in [1.807, 2.05) is 0 Å². The predicted molar refractivity (Wildman–Crippen MR) is 57.2 cm³/mol. The average Bonchev–Trinajstić information content (AvgIpc) is 2.53. The van der Waals surface area contributed by atoms with E-state index in [1.165, 1.54) is 12.8 Å². The molecule has 1 amide bonds. The van der Waals surface area contributed by atoms with Gasteiger partial charge < -0.3 is 15.8 Å². The lowest BCUT2D eigenvalue weighted by Gasteiger charge is -2.40. The van der Waals surface area contributed by atoms with Gasteiger partial charge in [-0.3, -0.25) is 4.79 Å². The fourth-order valence-electron chi connectivity index (χ4n) is 3.08. The van der Waals surface area contributed by atoms with E-state index in [-0.39, 0.29) is 12.5 Å². The Morgan fingerprint density at radius 1 is 1.47 bits per heavy atom. The van der Waals surface area contributed by atoms with Crippen LogP contribution in [0.1, 0.15) is 19.3 Å². The largest absolute Gasteiger partial charge is 0.375 e. The van der Waals surface area contributed by atoms with E-state index >= 15 is 0 Å². The monoisotopic (exact) mass is 212 g/mol. The minimum Gasteiger partial charge on any atom is -0.375 e. The number of ether oxygens (including phenoxy) is 1. The molecule has 0 spiro atoms. The topological polar surface area (TPSA) is 64.3 Å². The van der Waals surface area contributed by atoms with Gasteiger partial charge >= 0.3 is 0 Å². The molecule has 2 rings (SSSR count). The molecule has 0 bridgehead atoms. The van der Waals surface area contributed by atoms with Crippen molar-refractivity contribution in [1.29, 1.82) is 0 Å². The Labute approximate surface area is 90.5 Å². The number of carbonyl (C=O) groups excluding carboxylic acids is 1. The standard InChI is InChI=1S/C11H20N2O2/c1-15-6-11(14)13-10-4-8-2-7(5-12)3-9(8)10/h7-10H,2-6,12H2,1H3,(H,13,14). The normalized spacial score (nSPS) is 38.3. The molecule has 2 saturated carbocycles. The third-order valence-electron chi connectivity index (χ3n) is 3.88. The summed E-state index contributed by atoms with van der Waals surface area (Å²) < 4.78 is 4.79. The molecule has 0 saturated heterocycles. The molecule has 3 N–H and O–H groups in total. The molecule has 0 heterocycles. The van der Waals surface area contributed by atoms with Gasteiger partial charge in [0.15, 0.2) is 0 Å².